The molecule has 1 atom stereocenters. The molecule has 3 heterocycles. The first-order chi connectivity index (χ1) is 18.7. The number of benzene rings is 2. The maximum atomic E-state index is 12.6. The largest absolute Gasteiger partial charge is 0.492 e. The molecule has 210 valence electrons. The molecule has 0 spiro atoms. The van der Waals surface area contributed by atoms with Crippen molar-refractivity contribution < 1.29 is 33.3 Å². The van der Waals surface area contributed by atoms with Crippen LogP contribution in [0.3, 0.4) is 0 Å². The van der Waals surface area contributed by atoms with Gasteiger partial charge in [-0.05, 0) is 49.4 Å². The average molecular weight is 588 g/mol. The van der Waals surface area contributed by atoms with E-state index in [9.17, 15) is 14.4 Å². The number of hydrogen-bond donors (Lipinski definition) is 0. The lowest BCUT2D eigenvalue weighted by Gasteiger charge is -2.32. The van der Waals surface area contributed by atoms with Gasteiger partial charge in [0, 0.05) is 36.8 Å². The van der Waals surface area contributed by atoms with E-state index in [0.717, 1.165) is 33.9 Å². The van der Waals surface area contributed by atoms with Crippen LogP contribution < -0.4 is 18.9 Å². The van der Waals surface area contributed by atoms with E-state index in [1.54, 1.807) is 25.3 Å². The summed E-state index contributed by atoms with van der Waals surface area (Å²) in [6.07, 6.45) is 2.20. The number of amides is 4. The molecule has 0 radical (unpaired) electrons. The van der Waals surface area contributed by atoms with E-state index in [2.05, 4.69) is 16.7 Å². The molecule has 0 saturated carbocycles. The Kier molecular flexibility index (Phi) is 8.49. The lowest BCUT2D eigenvalue weighted by Crippen LogP contribution is -2.52. The third-order valence-electron chi connectivity index (χ3n) is 6.85. The van der Waals surface area contributed by atoms with Gasteiger partial charge in [-0.2, -0.15) is 0 Å². The van der Waals surface area contributed by atoms with Crippen LogP contribution >= 0.6 is 24.0 Å². The van der Waals surface area contributed by atoms with Gasteiger partial charge in [0.2, 0.25) is 12.5 Å². The predicted molar refractivity (Wildman–Crippen MR) is 149 cm³/mol. The van der Waals surface area contributed by atoms with E-state index in [4.69, 9.17) is 30.5 Å². The van der Waals surface area contributed by atoms with Crippen molar-refractivity contribution in [3.63, 3.8) is 0 Å². The molecule has 2 aromatic carbocycles. The average Bonchev–Trinajstić information content (AvgIpc) is 3.40. The van der Waals surface area contributed by atoms with Gasteiger partial charge in [0.15, 0.2) is 11.5 Å². The molecule has 0 aliphatic carbocycles. The van der Waals surface area contributed by atoms with E-state index in [0.29, 0.717) is 33.6 Å². The van der Waals surface area contributed by atoms with Gasteiger partial charge in [-0.25, -0.2) is 4.79 Å². The summed E-state index contributed by atoms with van der Waals surface area (Å²) < 4.78 is 22.9. The molecule has 1 fully saturated rings. The van der Waals surface area contributed by atoms with Gasteiger partial charge in [0.25, 0.3) is 11.8 Å². The van der Waals surface area contributed by atoms with Gasteiger partial charge in [-0.3, -0.25) is 24.3 Å². The topological polar surface area (TPSA) is 97.9 Å². The van der Waals surface area contributed by atoms with Crippen molar-refractivity contribution in [1.29, 1.82) is 0 Å². The number of halogens is 2. The SMILES string of the molecule is COc1c2c(cc3c1C(C#CCOc1ccc(Cl)cc1C=C1C(=O)N(C)C(=O)N(C)C1=O)N(C)CC3)OCO2.Cl. The molecular formula is C28H27Cl2N3O7. The Balaban J connectivity index is 0.00000370. The van der Waals surface area contributed by atoms with Crippen LogP contribution in [0.2, 0.25) is 5.02 Å². The summed E-state index contributed by atoms with van der Waals surface area (Å²) in [6.45, 7) is 0.983. The van der Waals surface area contributed by atoms with Crippen LogP contribution in [0.4, 0.5) is 4.79 Å². The molecule has 10 nitrogen and oxygen atoms in total. The van der Waals surface area contributed by atoms with Crippen molar-refractivity contribution in [2.24, 2.45) is 0 Å². The number of imide groups is 2. The van der Waals surface area contributed by atoms with Crippen LogP contribution in [-0.2, 0) is 16.0 Å². The maximum absolute atomic E-state index is 12.6. The Hall–Kier alpha value is -3.91. The number of methoxy groups -OCH3 is 1. The third kappa shape index (κ3) is 5.16. The Labute approximate surface area is 242 Å². The van der Waals surface area contributed by atoms with Gasteiger partial charge in [0.05, 0.1) is 7.11 Å². The number of carbonyl (C=O) groups excluding carboxylic acids is 3. The minimum atomic E-state index is -0.706. The number of fused-ring (bicyclic) bond motifs is 2. The Morgan fingerprint density at radius 2 is 1.82 bits per heavy atom. The second kappa shape index (κ2) is 11.7. The number of urea groups is 1. The van der Waals surface area contributed by atoms with Crippen LogP contribution in [0.15, 0.2) is 29.8 Å². The molecule has 3 aliphatic rings. The molecule has 0 N–H and O–H groups in total. The van der Waals surface area contributed by atoms with Crippen LogP contribution in [0.1, 0.15) is 22.7 Å². The highest BCUT2D eigenvalue weighted by atomic mass is 35.5. The van der Waals surface area contributed by atoms with E-state index in [-0.39, 0.29) is 37.4 Å². The smallest absolute Gasteiger partial charge is 0.333 e. The van der Waals surface area contributed by atoms with Crippen molar-refractivity contribution in [1.82, 2.24) is 14.7 Å². The maximum Gasteiger partial charge on any atom is 0.333 e. The van der Waals surface area contributed by atoms with Crippen molar-refractivity contribution in [2.75, 3.05) is 48.2 Å². The summed E-state index contributed by atoms with van der Waals surface area (Å²) in [5.74, 6) is 7.21. The highest BCUT2D eigenvalue weighted by molar-refractivity contribution is 6.32. The van der Waals surface area contributed by atoms with Gasteiger partial charge in [-0.1, -0.05) is 23.4 Å². The summed E-state index contributed by atoms with van der Waals surface area (Å²) >= 11 is 6.19. The summed E-state index contributed by atoms with van der Waals surface area (Å²) in [6, 6.07) is 5.88. The van der Waals surface area contributed by atoms with E-state index < -0.39 is 17.8 Å². The highest BCUT2D eigenvalue weighted by Gasteiger charge is 2.38. The Morgan fingerprint density at radius 1 is 1.10 bits per heavy atom. The number of carbonyl (C=O) groups is 3. The van der Waals surface area contributed by atoms with Crippen LogP contribution in [0.25, 0.3) is 6.08 Å². The molecule has 0 bridgehead atoms. The fourth-order valence-electron chi connectivity index (χ4n) is 4.76. The molecule has 5 rings (SSSR count). The molecule has 1 saturated heterocycles. The fourth-order valence-corrected chi connectivity index (χ4v) is 4.94. The molecule has 2 aromatic rings. The van der Waals surface area contributed by atoms with Gasteiger partial charge in [0.1, 0.15) is 24.0 Å². The first kappa shape index (κ1) is 29.1. The molecular weight excluding hydrogens is 561 g/mol. The zero-order valence-electron chi connectivity index (χ0n) is 22.3. The lowest BCUT2D eigenvalue weighted by atomic mass is 9.91. The van der Waals surface area contributed by atoms with Crippen LogP contribution in [0, 0.1) is 11.8 Å². The van der Waals surface area contributed by atoms with Crippen molar-refractivity contribution in [3.8, 4) is 34.8 Å². The zero-order chi connectivity index (χ0) is 27.8. The highest BCUT2D eigenvalue weighted by Crippen LogP contribution is 2.49. The first-order valence-electron chi connectivity index (χ1n) is 12.1. The van der Waals surface area contributed by atoms with Crippen molar-refractivity contribution in [2.45, 2.75) is 12.5 Å². The molecule has 4 amide bonds. The molecule has 12 heteroatoms. The molecule has 1 unspecified atom stereocenters. The van der Waals surface area contributed by atoms with Crippen LogP contribution in [0.5, 0.6) is 23.0 Å². The van der Waals surface area contributed by atoms with Crippen molar-refractivity contribution in [3.05, 3.63) is 51.6 Å². The van der Waals surface area contributed by atoms with E-state index in [1.165, 1.54) is 20.2 Å². The van der Waals surface area contributed by atoms with Gasteiger partial charge >= 0.3 is 6.03 Å². The number of rotatable bonds is 4. The number of barbiturate groups is 1. The first-order valence-corrected chi connectivity index (χ1v) is 12.5. The lowest BCUT2D eigenvalue weighted by molar-refractivity contribution is -0.134. The number of likely N-dealkylation sites (N-methyl/N-ethyl adjacent to an activating group) is 3. The number of hydrogen-bond acceptors (Lipinski definition) is 8. The van der Waals surface area contributed by atoms with Crippen molar-refractivity contribution >= 4 is 47.9 Å². The minimum absolute atomic E-state index is 0. The van der Waals surface area contributed by atoms with Gasteiger partial charge < -0.3 is 18.9 Å². The molecule has 3 aliphatic heterocycles. The number of ether oxygens (including phenoxy) is 4. The monoisotopic (exact) mass is 587 g/mol. The second-order valence-corrected chi connectivity index (χ2v) is 9.65. The Morgan fingerprint density at radius 3 is 2.52 bits per heavy atom. The molecule has 0 aromatic heterocycles. The fraction of sp³-hybridized carbons (Fsp3) is 0.321. The van der Waals surface area contributed by atoms with E-state index in [1.807, 2.05) is 13.1 Å². The Bertz CT molecular complexity index is 1450. The van der Waals surface area contributed by atoms with Gasteiger partial charge in [-0.15, -0.1) is 12.4 Å². The molecule has 40 heavy (non-hydrogen) atoms. The summed E-state index contributed by atoms with van der Waals surface area (Å²) in [5.41, 5.74) is 2.27. The minimum Gasteiger partial charge on any atom is -0.492 e. The number of nitrogens with zero attached hydrogens (tertiary/aromatic N) is 3. The zero-order valence-corrected chi connectivity index (χ0v) is 23.9. The summed E-state index contributed by atoms with van der Waals surface area (Å²) in [7, 11) is 6.22. The van der Waals surface area contributed by atoms with Crippen LogP contribution in [-0.4, -0.2) is 80.7 Å². The standard InChI is InChI=1S/C28H26ClN3O7.ClH/c1-30-10-9-16-14-22-24(39-15-38-22)25(36-4)23(16)20(30)6-5-11-37-21-8-7-18(29)12-17(21)13-19-26(33)31(2)28(35)32(3)27(19)34;/h7-8,12-14,20H,9-11,15H2,1-4H3;1H. The quantitative estimate of drug-likeness (QED) is 0.304. The summed E-state index contributed by atoms with van der Waals surface area (Å²) in [4.78, 5) is 41.2. The normalized spacial score (nSPS) is 18.1. The third-order valence-corrected chi connectivity index (χ3v) is 7.09. The second-order valence-electron chi connectivity index (χ2n) is 9.21. The van der Waals surface area contributed by atoms with E-state index >= 15 is 0 Å². The summed E-state index contributed by atoms with van der Waals surface area (Å²) in [5, 5.41) is 0.389. The predicted octanol–water partition coefficient (Wildman–Crippen LogP) is 3.54.